The number of rotatable bonds is 6. The van der Waals surface area contributed by atoms with E-state index in [1.165, 1.54) is 19.2 Å². The lowest BCUT2D eigenvalue weighted by Gasteiger charge is -2.22. The Hall–Kier alpha value is -1.75. The van der Waals surface area contributed by atoms with Gasteiger partial charge in [0.25, 0.3) is 0 Å². The number of carbonyl (C=O) groups is 2. The SMILES string of the molecule is CC[C@@](C)(CC(=O)c1cc(Cl)c(N)cc1OC)C(=O)O. The van der Waals surface area contributed by atoms with E-state index in [2.05, 4.69) is 0 Å². The fourth-order valence-corrected chi connectivity index (χ4v) is 1.92. The Morgan fingerprint density at radius 3 is 2.50 bits per heavy atom. The quantitative estimate of drug-likeness (QED) is 0.622. The number of hydrogen-bond donors (Lipinski definition) is 2. The molecule has 0 aliphatic carbocycles. The minimum Gasteiger partial charge on any atom is -0.496 e. The third-order valence-corrected chi connectivity index (χ3v) is 3.79. The van der Waals surface area contributed by atoms with Gasteiger partial charge in [0.15, 0.2) is 5.78 Å². The average Bonchev–Trinajstić information content (AvgIpc) is 2.40. The van der Waals surface area contributed by atoms with E-state index in [1.54, 1.807) is 13.8 Å². The molecule has 1 aromatic rings. The highest BCUT2D eigenvalue weighted by Crippen LogP contribution is 2.33. The molecule has 0 spiro atoms. The Balaban J connectivity index is 3.15. The van der Waals surface area contributed by atoms with Crippen LogP contribution >= 0.6 is 11.6 Å². The summed E-state index contributed by atoms with van der Waals surface area (Å²) in [4.78, 5) is 23.6. The van der Waals surface area contributed by atoms with E-state index in [1.807, 2.05) is 0 Å². The highest BCUT2D eigenvalue weighted by atomic mass is 35.5. The van der Waals surface area contributed by atoms with Crippen molar-refractivity contribution in [3.05, 3.63) is 22.7 Å². The number of ketones is 1. The number of carboxylic acids is 1. The molecule has 0 bridgehead atoms. The summed E-state index contributed by atoms with van der Waals surface area (Å²) in [6.07, 6.45) is 0.217. The van der Waals surface area contributed by atoms with Gasteiger partial charge in [-0.1, -0.05) is 18.5 Å². The molecule has 0 saturated carbocycles. The van der Waals surface area contributed by atoms with E-state index in [-0.39, 0.29) is 22.8 Å². The normalized spacial score (nSPS) is 13.6. The molecule has 3 N–H and O–H groups in total. The molecule has 5 nitrogen and oxygen atoms in total. The molecule has 20 heavy (non-hydrogen) atoms. The number of ether oxygens (including phenoxy) is 1. The van der Waals surface area contributed by atoms with Crippen LogP contribution in [0.5, 0.6) is 5.75 Å². The summed E-state index contributed by atoms with van der Waals surface area (Å²) >= 11 is 5.91. The van der Waals surface area contributed by atoms with Gasteiger partial charge in [0.1, 0.15) is 5.75 Å². The number of anilines is 1. The molecule has 0 heterocycles. The van der Waals surface area contributed by atoms with Gasteiger partial charge in [0, 0.05) is 12.5 Å². The first kappa shape index (κ1) is 16.3. The second-order valence-corrected chi connectivity index (χ2v) is 5.30. The summed E-state index contributed by atoms with van der Waals surface area (Å²) < 4.78 is 5.10. The number of nitrogens with two attached hydrogens (primary N) is 1. The van der Waals surface area contributed by atoms with Crippen molar-refractivity contribution in [1.82, 2.24) is 0 Å². The van der Waals surface area contributed by atoms with Crippen molar-refractivity contribution < 1.29 is 19.4 Å². The maximum Gasteiger partial charge on any atom is 0.309 e. The van der Waals surface area contributed by atoms with Gasteiger partial charge < -0.3 is 15.6 Å². The molecular formula is C14H18ClNO4. The zero-order chi connectivity index (χ0) is 15.5. The number of hydrogen-bond acceptors (Lipinski definition) is 4. The molecule has 0 aliphatic rings. The lowest BCUT2D eigenvalue weighted by Crippen LogP contribution is -2.29. The number of aliphatic carboxylic acids is 1. The van der Waals surface area contributed by atoms with Crippen LogP contribution in [0, 0.1) is 5.41 Å². The maximum absolute atomic E-state index is 12.3. The molecule has 0 amide bonds. The summed E-state index contributed by atoms with van der Waals surface area (Å²) in [5.74, 6) is -1.05. The molecule has 110 valence electrons. The van der Waals surface area contributed by atoms with Gasteiger partial charge in [-0.2, -0.15) is 0 Å². The minimum atomic E-state index is -1.12. The van der Waals surface area contributed by atoms with Gasteiger partial charge in [-0.15, -0.1) is 0 Å². The monoisotopic (exact) mass is 299 g/mol. The van der Waals surface area contributed by atoms with Crippen molar-refractivity contribution in [3.8, 4) is 5.75 Å². The zero-order valence-corrected chi connectivity index (χ0v) is 12.5. The zero-order valence-electron chi connectivity index (χ0n) is 11.7. The van der Waals surface area contributed by atoms with E-state index >= 15 is 0 Å². The lowest BCUT2D eigenvalue weighted by molar-refractivity contribution is -0.148. The molecule has 0 aromatic heterocycles. The third kappa shape index (κ3) is 3.22. The highest BCUT2D eigenvalue weighted by Gasteiger charge is 2.34. The van der Waals surface area contributed by atoms with E-state index in [9.17, 15) is 14.7 Å². The Morgan fingerprint density at radius 2 is 2.05 bits per heavy atom. The first-order valence-corrected chi connectivity index (χ1v) is 6.52. The predicted molar refractivity (Wildman–Crippen MR) is 77.4 cm³/mol. The largest absolute Gasteiger partial charge is 0.496 e. The first-order chi connectivity index (χ1) is 9.25. The van der Waals surface area contributed by atoms with Crippen molar-refractivity contribution in [2.24, 2.45) is 5.41 Å². The molecule has 0 aliphatic heterocycles. The predicted octanol–water partition coefficient (Wildman–Crippen LogP) is 3.00. The number of methoxy groups -OCH3 is 1. The van der Waals surface area contributed by atoms with Crippen LogP contribution < -0.4 is 10.5 Å². The van der Waals surface area contributed by atoms with Crippen LogP contribution in [0.2, 0.25) is 5.02 Å². The van der Waals surface area contributed by atoms with Crippen LogP contribution in [-0.4, -0.2) is 24.0 Å². The third-order valence-electron chi connectivity index (χ3n) is 3.47. The lowest BCUT2D eigenvalue weighted by atomic mass is 9.81. The summed E-state index contributed by atoms with van der Waals surface area (Å²) in [5.41, 5.74) is 5.08. The number of benzene rings is 1. The van der Waals surface area contributed by atoms with Gasteiger partial charge in [0.2, 0.25) is 0 Å². The standard InChI is InChI=1S/C14H18ClNO4/c1-4-14(2,13(18)19)7-11(17)8-5-9(15)10(16)6-12(8)20-3/h5-6H,4,7,16H2,1-3H3,(H,18,19)/t14-/m0/s1. The molecule has 1 aromatic carbocycles. The second-order valence-electron chi connectivity index (χ2n) is 4.89. The number of carbonyl (C=O) groups excluding carboxylic acids is 1. The van der Waals surface area contributed by atoms with Crippen LogP contribution in [0.15, 0.2) is 12.1 Å². The molecule has 6 heteroatoms. The Labute approximate surface area is 122 Å². The molecule has 0 radical (unpaired) electrons. The Morgan fingerprint density at radius 1 is 1.45 bits per heavy atom. The van der Waals surface area contributed by atoms with E-state index < -0.39 is 11.4 Å². The number of halogens is 1. The molecule has 0 fully saturated rings. The van der Waals surface area contributed by atoms with E-state index in [0.717, 1.165) is 0 Å². The topological polar surface area (TPSA) is 89.6 Å². The van der Waals surface area contributed by atoms with E-state index in [0.29, 0.717) is 17.9 Å². The highest BCUT2D eigenvalue weighted by molar-refractivity contribution is 6.33. The van der Waals surface area contributed by atoms with Crippen molar-refractivity contribution in [3.63, 3.8) is 0 Å². The fraction of sp³-hybridized carbons (Fsp3) is 0.429. The van der Waals surface area contributed by atoms with Crippen LogP contribution in [0.4, 0.5) is 5.69 Å². The summed E-state index contributed by atoms with van der Waals surface area (Å²) in [5, 5.41) is 9.46. The number of Topliss-reactive ketones (excluding diaryl/α,β-unsaturated/α-hetero) is 1. The second kappa shape index (κ2) is 6.13. The summed E-state index contributed by atoms with van der Waals surface area (Å²) in [7, 11) is 1.41. The minimum absolute atomic E-state index is 0.130. The number of nitrogen functional groups attached to an aromatic ring is 1. The van der Waals surface area contributed by atoms with Gasteiger partial charge in [0.05, 0.1) is 28.8 Å². The Kier molecular flexibility index (Phi) is 5.00. The van der Waals surface area contributed by atoms with Crippen molar-refractivity contribution in [1.29, 1.82) is 0 Å². The van der Waals surface area contributed by atoms with Gasteiger partial charge >= 0.3 is 5.97 Å². The molecule has 1 atom stereocenters. The van der Waals surface area contributed by atoms with E-state index in [4.69, 9.17) is 22.1 Å². The summed E-state index contributed by atoms with van der Waals surface area (Å²) in [6, 6.07) is 2.87. The van der Waals surface area contributed by atoms with Crippen molar-refractivity contribution >= 4 is 29.0 Å². The smallest absolute Gasteiger partial charge is 0.309 e. The van der Waals surface area contributed by atoms with Crippen molar-refractivity contribution in [2.75, 3.05) is 12.8 Å². The first-order valence-electron chi connectivity index (χ1n) is 6.14. The van der Waals surface area contributed by atoms with Crippen LogP contribution in [0.3, 0.4) is 0 Å². The van der Waals surface area contributed by atoms with Gasteiger partial charge in [-0.05, 0) is 19.4 Å². The van der Waals surface area contributed by atoms with Gasteiger partial charge in [-0.25, -0.2) is 0 Å². The number of carboxylic acid groups (broad SMARTS) is 1. The molecule has 0 unspecified atom stereocenters. The van der Waals surface area contributed by atoms with Crippen LogP contribution in [0.1, 0.15) is 37.0 Å². The Bertz CT molecular complexity index is 544. The van der Waals surface area contributed by atoms with Crippen molar-refractivity contribution in [2.45, 2.75) is 26.7 Å². The van der Waals surface area contributed by atoms with Gasteiger partial charge in [-0.3, -0.25) is 9.59 Å². The van der Waals surface area contributed by atoms with Crippen LogP contribution in [-0.2, 0) is 4.79 Å². The summed E-state index contributed by atoms with van der Waals surface area (Å²) in [6.45, 7) is 3.27. The maximum atomic E-state index is 12.3. The molecule has 0 saturated heterocycles. The molecule has 1 rings (SSSR count). The van der Waals surface area contributed by atoms with Crippen LogP contribution in [0.25, 0.3) is 0 Å². The fourth-order valence-electron chi connectivity index (χ4n) is 1.76. The molecular weight excluding hydrogens is 282 g/mol. The average molecular weight is 300 g/mol.